The monoisotopic (exact) mass is 307 g/mol. The summed E-state index contributed by atoms with van der Waals surface area (Å²) in [6.07, 6.45) is 4.97. The highest BCUT2D eigenvalue weighted by Crippen LogP contribution is 2.36. The molecule has 0 radical (unpaired) electrons. The Morgan fingerprint density at radius 1 is 1.33 bits per heavy atom. The van der Waals surface area contributed by atoms with Crippen molar-refractivity contribution in [2.24, 2.45) is 5.92 Å². The van der Waals surface area contributed by atoms with Crippen LogP contribution in [0.4, 0.5) is 0 Å². The first-order valence-electron chi connectivity index (χ1n) is 6.72. The van der Waals surface area contributed by atoms with Gasteiger partial charge < -0.3 is 4.90 Å². The first-order valence-corrected chi connectivity index (χ1v) is 7.51. The first-order chi connectivity index (χ1) is 8.65. The van der Waals surface area contributed by atoms with Crippen molar-refractivity contribution in [3.8, 4) is 0 Å². The molecule has 0 N–H and O–H groups in total. The van der Waals surface area contributed by atoms with Gasteiger partial charge in [0.2, 0.25) is 0 Å². The average Bonchev–Trinajstić information content (AvgIpc) is 3.21. The predicted octanol–water partition coefficient (Wildman–Crippen LogP) is 3.77. The molecule has 0 aliphatic heterocycles. The second-order valence-electron chi connectivity index (χ2n) is 5.59. The number of nitrogens with zero attached hydrogens (tertiary/aromatic N) is 1. The lowest BCUT2D eigenvalue weighted by Gasteiger charge is -2.23. The van der Waals surface area contributed by atoms with Gasteiger partial charge in [-0.2, -0.15) is 0 Å². The molecule has 2 aliphatic rings. The summed E-state index contributed by atoms with van der Waals surface area (Å²) in [5, 5.41) is 0. The fourth-order valence-corrected chi connectivity index (χ4v) is 2.70. The number of halogens is 1. The fraction of sp³-hybridized carbons (Fsp3) is 0.533. The summed E-state index contributed by atoms with van der Waals surface area (Å²) in [6, 6.07) is 6.48. The molecule has 0 spiro atoms. The summed E-state index contributed by atoms with van der Waals surface area (Å²) in [5.74, 6) is 0.991. The second kappa shape index (κ2) is 4.69. The molecule has 0 atom stereocenters. The fourth-order valence-electron chi connectivity index (χ4n) is 2.34. The Kier molecular flexibility index (Phi) is 3.18. The van der Waals surface area contributed by atoms with Gasteiger partial charge in [0.1, 0.15) is 0 Å². The summed E-state index contributed by atoms with van der Waals surface area (Å²) in [5.41, 5.74) is 1.93. The van der Waals surface area contributed by atoms with Gasteiger partial charge >= 0.3 is 0 Å². The number of amides is 1. The van der Waals surface area contributed by atoms with Gasteiger partial charge in [-0.25, -0.2) is 0 Å². The van der Waals surface area contributed by atoms with Crippen LogP contribution >= 0.6 is 15.9 Å². The molecule has 18 heavy (non-hydrogen) atoms. The molecule has 0 bridgehead atoms. The van der Waals surface area contributed by atoms with Crippen LogP contribution in [-0.4, -0.2) is 23.4 Å². The topological polar surface area (TPSA) is 20.3 Å². The summed E-state index contributed by atoms with van der Waals surface area (Å²) in [7, 11) is 0. The van der Waals surface area contributed by atoms with Gasteiger partial charge in [0.15, 0.2) is 0 Å². The van der Waals surface area contributed by atoms with Gasteiger partial charge in [0, 0.05) is 22.6 Å². The molecule has 2 saturated carbocycles. The van der Waals surface area contributed by atoms with Gasteiger partial charge in [-0.15, -0.1) is 0 Å². The molecule has 0 saturated heterocycles. The number of benzene rings is 1. The second-order valence-corrected chi connectivity index (χ2v) is 6.51. The number of aryl methyl sites for hydroxylation is 1. The van der Waals surface area contributed by atoms with Crippen LogP contribution in [0.1, 0.15) is 41.6 Å². The third-order valence-corrected chi connectivity index (χ3v) is 4.32. The molecule has 3 rings (SSSR count). The summed E-state index contributed by atoms with van der Waals surface area (Å²) in [6.45, 7) is 2.98. The van der Waals surface area contributed by atoms with E-state index >= 15 is 0 Å². The smallest absolute Gasteiger partial charge is 0.254 e. The molecular formula is C15H18BrNO. The van der Waals surface area contributed by atoms with Gasteiger partial charge in [0.05, 0.1) is 0 Å². The number of carbonyl (C=O) groups excluding carboxylic acids is 1. The van der Waals surface area contributed by atoms with Gasteiger partial charge in [-0.1, -0.05) is 22.0 Å². The number of rotatable bonds is 4. The van der Waals surface area contributed by atoms with Crippen LogP contribution in [-0.2, 0) is 0 Å². The quantitative estimate of drug-likeness (QED) is 0.829. The first kappa shape index (κ1) is 12.2. The lowest BCUT2D eigenvalue weighted by molar-refractivity contribution is 0.0734. The lowest BCUT2D eigenvalue weighted by atomic mass is 10.1. The van der Waals surface area contributed by atoms with Crippen LogP contribution in [0.25, 0.3) is 0 Å². The van der Waals surface area contributed by atoms with Crippen molar-refractivity contribution < 1.29 is 4.79 Å². The maximum Gasteiger partial charge on any atom is 0.254 e. The highest BCUT2D eigenvalue weighted by atomic mass is 79.9. The summed E-state index contributed by atoms with van der Waals surface area (Å²) in [4.78, 5) is 14.8. The normalized spacial score (nSPS) is 18.8. The minimum atomic E-state index is 0.225. The Bertz CT molecular complexity index is 477. The van der Waals surface area contributed by atoms with Crippen LogP contribution in [0.15, 0.2) is 22.7 Å². The van der Waals surface area contributed by atoms with Crippen LogP contribution in [0.3, 0.4) is 0 Å². The van der Waals surface area contributed by atoms with E-state index in [0.29, 0.717) is 6.04 Å². The molecule has 2 nitrogen and oxygen atoms in total. The zero-order chi connectivity index (χ0) is 12.7. The Balaban J connectivity index is 1.83. The molecule has 2 fully saturated rings. The Labute approximate surface area is 116 Å². The third-order valence-electron chi connectivity index (χ3n) is 3.83. The van der Waals surface area contributed by atoms with E-state index in [1.54, 1.807) is 0 Å². The van der Waals surface area contributed by atoms with E-state index in [-0.39, 0.29) is 5.91 Å². The largest absolute Gasteiger partial charge is 0.335 e. The Morgan fingerprint density at radius 3 is 2.67 bits per heavy atom. The van der Waals surface area contributed by atoms with Gasteiger partial charge in [-0.05, 0) is 56.2 Å². The van der Waals surface area contributed by atoms with Crippen LogP contribution in [0.5, 0.6) is 0 Å². The maximum atomic E-state index is 12.7. The highest BCUT2D eigenvalue weighted by molar-refractivity contribution is 9.10. The van der Waals surface area contributed by atoms with E-state index in [0.717, 1.165) is 28.1 Å². The summed E-state index contributed by atoms with van der Waals surface area (Å²) >= 11 is 3.46. The lowest BCUT2D eigenvalue weighted by Crippen LogP contribution is -2.35. The molecule has 0 unspecified atom stereocenters. The van der Waals surface area contributed by atoms with Crippen molar-refractivity contribution in [2.75, 3.05) is 6.54 Å². The Hall–Kier alpha value is -0.830. The van der Waals surface area contributed by atoms with Crippen molar-refractivity contribution in [3.05, 3.63) is 33.8 Å². The molecule has 1 aromatic rings. The van der Waals surface area contributed by atoms with Crippen molar-refractivity contribution in [1.82, 2.24) is 4.90 Å². The molecule has 0 heterocycles. The van der Waals surface area contributed by atoms with Crippen molar-refractivity contribution in [1.29, 1.82) is 0 Å². The molecule has 0 aromatic heterocycles. The maximum absolute atomic E-state index is 12.7. The van der Waals surface area contributed by atoms with Crippen molar-refractivity contribution in [3.63, 3.8) is 0 Å². The zero-order valence-corrected chi connectivity index (χ0v) is 12.2. The SMILES string of the molecule is Cc1ccc(Br)cc1C(=O)N(CC1CC1)C1CC1. The molecule has 1 amide bonds. The van der Waals surface area contributed by atoms with Crippen LogP contribution in [0.2, 0.25) is 0 Å². The molecule has 3 heteroatoms. The standard InChI is InChI=1S/C15H18BrNO/c1-10-2-5-12(16)8-14(10)15(18)17(13-6-7-13)9-11-3-4-11/h2,5,8,11,13H,3-4,6-7,9H2,1H3. The van der Waals surface area contributed by atoms with E-state index in [2.05, 4.69) is 20.8 Å². The minimum Gasteiger partial charge on any atom is -0.335 e. The van der Waals surface area contributed by atoms with Gasteiger partial charge in [-0.3, -0.25) is 4.79 Å². The molecule has 1 aromatic carbocycles. The highest BCUT2D eigenvalue weighted by Gasteiger charge is 2.37. The van der Waals surface area contributed by atoms with Gasteiger partial charge in [0.25, 0.3) is 5.91 Å². The molecule has 2 aliphatic carbocycles. The number of carbonyl (C=O) groups is 1. The molecular weight excluding hydrogens is 290 g/mol. The number of hydrogen-bond acceptors (Lipinski definition) is 1. The molecule has 96 valence electrons. The van der Waals surface area contributed by atoms with E-state index in [4.69, 9.17) is 0 Å². The van der Waals surface area contributed by atoms with E-state index in [9.17, 15) is 4.79 Å². The predicted molar refractivity (Wildman–Crippen MR) is 75.7 cm³/mol. The van der Waals surface area contributed by atoms with Crippen molar-refractivity contribution >= 4 is 21.8 Å². The van der Waals surface area contributed by atoms with E-state index < -0.39 is 0 Å². The van der Waals surface area contributed by atoms with Crippen molar-refractivity contribution in [2.45, 2.75) is 38.6 Å². The van der Waals surface area contributed by atoms with Crippen LogP contribution < -0.4 is 0 Å². The number of hydrogen-bond donors (Lipinski definition) is 0. The zero-order valence-electron chi connectivity index (χ0n) is 10.7. The minimum absolute atomic E-state index is 0.225. The third kappa shape index (κ3) is 2.61. The van der Waals surface area contributed by atoms with E-state index in [1.165, 1.54) is 25.7 Å². The van der Waals surface area contributed by atoms with E-state index in [1.807, 2.05) is 25.1 Å². The average molecular weight is 308 g/mol. The summed E-state index contributed by atoms with van der Waals surface area (Å²) < 4.78 is 0.985. The Morgan fingerprint density at radius 2 is 2.06 bits per heavy atom. The van der Waals surface area contributed by atoms with Crippen LogP contribution in [0, 0.1) is 12.8 Å².